The third kappa shape index (κ3) is 3.44. The molecular formula is C15H26N4O2. The van der Waals surface area contributed by atoms with Gasteiger partial charge in [-0.2, -0.15) is 5.10 Å². The highest BCUT2D eigenvalue weighted by Crippen LogP contribution is 2.21. The highest BCUT2D eigenvalue weighted by molar-refractivity contribution is 5.84. The highest BCUT2D eigenvalue weighted by Gasteiger charge is 2.40. The van der Waals surface area contributed by atoms with Crippen LogP contribution in [0.3, 0.4) is 0 Å². The fourth-order valence-corrected chi connectivity index (χ4v) is 2.85. The molecule has 1 saturated heterocycles. The van der Waals surface area contributed by atoms with Gasteiger partial charge in [0.2, 0.25) is 0 Å². The summed E-state index contributed by atoms with van der Waals surface area (Å²) in [6.45, 7) is 8.92. The molecule has 0 aromatic carbocycles. The second kappa shape index (κ2) is 6.15. The van der Waals surface area contributed by atoms with Crippen LogP contribution in [0, 0.1) is 0 Å². The molecule has 0 N–H and O–H groups in total. The molecule has 0 aliphatic carbocycles. The molecule has 0 radical (unpaired) electrons. The zero-order valence-corrected chi connectivity index (χ0v) is 13.7. The Hall–Kier alpha value is -1.40. The van der Waals surface area contributed by atoms with Crippen LogP contribution in [0.4, 0.5) is 0 Å². The Labute approximate surface area is 126 Å². The van der Waals surface area contributed by atoms with Gasteiger partial charge in [-0.3, -0.25) is 14.4 Å². The predicted molar refractivity (Wildman–Crippen MR) is 80.9 cm³/mol. The van der Waals surface area contributed by atoms with Crippen molar-refractivity contribution in [2.45, 2.75) is 39.0 Å². The van der Waals surface area contributed by atoms with Crippen LogP contribution in [0.5, 0.6) is 0 Å². The van der Waals surface area contributed by atoms with Crippen LogP contribution in [-0.4, -0.2) is 64.9 Å². The Morgan fingerprint density at radius 3 is 2.86 bits per heavy atom. The average Bonchev–Trinajstić information content (AvgIpc) is 2.86. The van der Waals surface area contributed by atoms with E-state index in [0.717, 1.165) is 13.1 Å². The second-order valence-corrected chi connectivity index (χ2v) is 6.35. The molecule has 1 amide bonds. The van der Waals surface area contributed by atoms with Crippen molar-refractivity contribution in [1.29, 1.82) is 0 Å². The molecular weight excluding hydrogens is 268 g/mol. The minimum Gasteiger partial charge on any atom is -0.363 e. The van der Waals surface area contributed by atoms with Crippen LogP contribution >= 0.6 is 0 Å². The molecule has 2 heterocycles. The average molecular weight is 294 g/mol. The van der Waals surface area contributed by atoms with Crippen molar-refractivity contribution in [3.05, 3.63) is 18.0 Å². The number of hydrogen-bond acceptors (Lipinski definition) is 4. The number of amides is 1. The summed E-state index contributed by atoms with van der Waals surface area (Å²) in [5, 5.41) is 4.36. The molecule has 0 unspecified atom stereocenters. The monoisotopic (exact) mass is 294 g/mol. The summed E-state index contributed by atoms with van der Waals surface area (Å²) in [4.78, 5) is 16.2. The molecule has 118 valence electrons. The number of ether oxygens (including phenoxy) is 1. The maximum absolute atomic E-state index is 12.3. The van der Waals surface area contributed by atoms with E-state index in [0.29, 0.717) is 19.2 Å². The van der Waals surface area contributed by atoms with Crippen molar-refractivity contribution in [3.8, 4) is 0 Å². The van der Waals surface area contributed by atoms with Crippen molar-refractivity contribution in [2.24, 2.45) is 0 Å². The lowest BCUT2D eigenvalue weighted by Crippen LogP contribution is -2.57. The molecule has 21 heavy (non-hydrogen) atoms. The first-order valence-electron chi connectivity index (χ1n) is 7.44. The first-order valence-corrected chi connectivity index (χ1v) is 7.44. The molecule has 1 aliphatic heterocycles. The number of hydrogen-bond donors (Lipinski definition) is 0. The van der Waals surface area contributed by atoms with E-state index in [9.17, 15) is 4.79 Å². The smallest absolute Gasteiger partial charge is 0.255 e. The first-order chi connectivity index (χ1) is 9.83. The third-order valence-electron chi connectivity index (χ3n) is 3.84. The molecule has 1 atom stereocenters. The van der Waals surface area contributed by atoms with Crippen molar-refractivity contribution in [2.75, 3.05) is 33.8 Å². The molecule has 0 saturated carbocycles. The Balaban J connectivity index is 2.08. The van der Waals surface area contributed by atoms with E-state index in [1.807, 2.05) is 23.9 Å². The molecule has 6 heteroatoms. The largest absolute Gasteiger partial charge is 0.363 e. The van der Waals surface area contributed by atoms with Crippen LogP contribution < -0.4 is 0 Å². The number of likely N-dealkylation sites (N-methyl/N-ethyl adjacent to an activating group) is 1. The second-order valence-electron chi connectivity index (χ2n) is 6.35. The summed E-state index contributed by atoms with van der Waals surface area (Å²) >= 11 is 0. The highest BCUT2D eigenvalue weighted by atomic mass is 16.5. The van der Waals surface area contributed by atoms with Gasteiger partial charge in [0, 0.05) is 46.0 Å². The molecule has 0 spiro atoms. The standard InChI is InChI=1S/C15H26N4O2/c1-12(2)19-13(6-7-16-19)10-18-8-9-21-15(3,11-18)14(20)17(4)5/h6-7,12H,8-11H2,1-5H3/t15-/m0/s1. The van der Waals surface area contributed by atoms with E-state index < -0.39 is 5.60 Å². The maximum Gasteiger partial charge on any atom is 0.255 e. The molecule has 0 bridgehead atoms. The van der Waals surface area contributed by atoms with Gasteiger partial charge in [-0.25, -0.2) is 0 Å². The third-order valence-corrected chi connectivity index (χ3v) is 3.84. The summed E-state index contributed by atoms with van der Waals surface area (Å²) in [7, 11) is 3.54. The summed E-state index contributed by atoms with van der Waals surface area (Å²) in [6, 6.07) is 2.38. The van der Waals surface area contributed by atoms with Gasteiger partial charge >= 0.3 is 0 Å². The minimum atomic E-state index is -0.759. The van der Waals surface area contributed by atoms with E-state index in [-0.39, 0.29) is 5.91 Å². The molecule has 1 aromatic rings. The summed E-state index contributed by atoms with van der Waals surface area (Å²) in [5.74, 6) is 0.0181. The first kappa shape index (κ1) is 16.0. The van der Waals surface area contributed by atoms with Gasteiger partial charge in [-0.15, -0.1) is 0 Å². The Morgan fingerprint density at radius 1 is 1.52 bits per heavy atom. The Morgan fingerprint density at radius 2 is 2.24 bits per heavy atom. The van der Waals surface area contributed by atoms with E-state index in [1.165, 1.54) is 5.69 Å². The van der Waals surface area contributed by atoms with Crippen LogP contribution in [0.2, 0.25) is 0 Å². The number of carbonyl (C=O) groups is 1. The maximum atomic E-state index is 12.3. The van der Waals surface area contributed by atoms with E-state index in [2.05, 4.69) is 23.8 Å². The SMILES string of the molecule is CC(C)n1nccc1CN1CCO[C@](C)(C(=O)N(C)C)C1. The number of morpholine rings is 1. The summed E-state index contributed by atoms with van der Waals surface area (Å²) < 4.78 is 7.79. The zero-order chi connectivity index (χ0) is 15.6. The van der Waals surface area contributed by atoms with Crippen LogP contribution in [0.15, 0.2) is 12.3 Å². The number of nitrogens with zero attached hydrogens (tertiary/aromatic N) is 4. The van der Waals surface area contributed by atoms with Gasteiger partial charge in [0.15, 0.2) is 5.60 Å². The number of rotatable bonds is 4. The van der Waals surface area contributed by atoms with E-state index in [1.54, 1.807) is 19.0 Å². The lowest BCUT2D eigenvalue weighted by atomic mass is 10.0. The van der Waals surface area contributed by atoms with Crippen molar-refractivity contribution < 1.29 is 9.53 Å². The van der Waals surface area contributed by atoms with Crippen LogP contribution in [0.1, 0.15) is 32.5 Å². The molecule has 1 aromatic heterocycles. The fraction of sp³-hybridized carbons (Fsp3) is 0.733. The van der Waals surface area contributed by atoms with Gasteiger partial charge in [-0.1, -0.05) is 0 Å². The Kier molecular flexibility index (Phi) is 4.68. The van der Waals surface area contributed by atoms with Gasteiger partial charge in [0.25, 0.3) is 5.91 Å². The molecule has 2 rings (SSSR count). The normalized spacial score (nSPS) is 23.5. The van der Waals surface area contributed by atoms with E-state index >= 15 is 0 Å². The summed E-state index contributed by atoms with van der Waals surface area (Å²) in [6.07, 6.45) is 1.83. The molecule has 1 aliphatic rings. The fourth-order valence-electron chi connectivity index (χ4n) is 2.85. The quantitative estimate of drug-likeness (QED) is 0.836. The van der Waals surface area contributed by atoms with Gasteiger partial charge in [0.1, 0.15) is 0 Å². The topological polar surface area (TPSA) is 50.6 Å². The van der Waals surface area contributed by atoms with Crippen LogP contribution in [0.25, 0.3) is 0 Å². The zero-order valence-electron chi connectivity index (χ0n) is 13.7. The molecule has 1 fully saturated rings. The lowest BCUT2D eigenvalue weighted by Gasteiger charge is -2.40. The van der Waals surface area contributed by atoms with Crippen molar-refractivity contribution >= 4 is 5.91 Å². The minimum absolute atomic E-state index is 0.0181. The van der Waals surface area contributed by atoms with Crippen molar-refractivity contribution in [1.82, 2.24) is 19.6 Å². The van der Waals surface area contributed by atoms with Crippen LogP contribution in [-0.2, 0) is 16.1 Å². The molecule has 6 nitrogen and oxygen atoms in total. The number of aromatic nitrogens is 2. The van der Waals surface area contributed by atoms with Gasteiger partial charge in [-0.05, 0) is 26.8 Å². The predicted octanol–water partition coefficient (Wildman–Crippen LogP) is 1.14. The van der Waals surface area contributed by atoms with E-state index in [4.69, 9.17) is 4.74 Å². The summed E-state index contributed by atoms with van der Waals surface area (Å²) in [5.41, 5.74) is 0.413. The van der Waals surface area contributed by atoms with Gasteiger partial charge in [0.05, 0.1) is 12.3 Å². The Bertz CT molecular complexity index is 498. The lowest BCUT2D eigenvalue weighted by molar-refractivity contribution is -0.165. The van der Waals surface area contributed by atoms with Crippen molar-refractivity contribution in [3.63, 3.8) is 0 Å². The number of carbonyl (C=O) groups excluding carboxylic acids is 1. The van der Waals surface area contributed by atoms with Gasteiger partial charge < -0.3 is 9.64 Å².